The molecular formula is C20H23N3O2. The van der Waals surface area contributed by atoms with E-state index in [1.807, 2.05) is 30.0 Å². The van der Waals surface area contributed by atoms with Crippen LogP contribution in [-0.2, 0) is 11.2 Å². The van der Waals surface area contributed by atoms with Crippen LogP contribution in [-0.4, -0.2) is 40.8 Å². The van der Waals surface area contributed by atoms with Crippen molar-refractivity contribution >= 4 is 11.8 Å². The van der Waals surface area contributed by atoms with E-state index in [2.05, 4.69) is 16.4 Å². The normalized spacial score (nSPS) is 15.0. The van der Waals surface area contributed by atoms with Gasteiger partial charge in [-0.2, -0.15) is 0 Å². The fourth-order valence-corrected chi connectivity index (χ4v) is 3.15. The van der Waals surface area contributed by atoms with Crippen molar-refractivity contribution in [2.75, 3.05) is 13.1 Å². The molecule has 0 saturated carbocycles. The van der Waals surface area contributed by atoms with Gasteiger partial charge in [-0.1, -0.05) is 29.8 Å². The van der Waals surface area contributed by atoms with Gasteiger partial charge in [-0.05, 0) is 37.5 Å². The number of hydrogen-bond donors (Lipinski definition) is 1. The highest BCUT2D eigenvalue weighted by atomic mass is 16.2. The SMILES string of the molecule is Cc1cccc(CC(=O)N2CCC(NC(=O)c3cccnc3)CC2)c1. The molecule has 25 heavy (non-hydrogen) atoms. The van der Waals surface area contributed by atoms with E-state index in [9.17, 15) is 9.59 Å². The van der Waals surface area contributed by atoms with E-state index < -0.39 is 0 Å². The number of carbonyl (C=O) groups is 2. The smallest absolute Gasteiger partial charge is 0.253 e. The molecule has 1 N–H and O–H groups in total. The summed E-state index contributed by atoms with van der Waals surface area (Å²) < 4.78 is 0. The number of aryl methyl sites for hydroxylation is 1. The summed E-state index contributed by atoms with van der Waals surface area (Å²) in [4.78, 5) is 30.5. The van der Waals surface area contributed by atoms with Gasteiger partial charge in [0.05, 0.1) is 12.0 Å². The van der Waals surface area contributed by atoms with E-state index >= 15 is 0 Å². The second kappa shape index (κ2) is 7.92. The summed E-state index contributed by atoms with van der Waals surface area (Å²) in [7, 11) is 0. The second-order valence-corrected chi connectivity index (χ2v) is 6.54. The maximum absolute atomic E-state index is 12.5. The highest BCUT2D eigenvalue weighted by Crippen LogP contribution is 2.14. The van der Waals surface area contributed by atoms with Crippen LogP contribution in [0.4, 0.5) is 0 Å². The molecule has 0 spiro atoms. The largest absolute Gasteiger partial charge is 0.349 e. The summed E-state index contributed by atoms with van der Waals surface area (Å²) in [6.45, 7) is 3.40. The number of hydrogen-bond acceptors (Lipinski definition) is 3. The Balaban J connectivity index is 1.48. The molecule has 5 nitrogen and oxygen atoms in total. The lowest BCUT2D eigenvalue weighted by molar-refractivity contribution is -0.131. The zero-order valence-electron chi connectivity index (χ0n) is 14.4. The number of rotatable bonds is 4. The van der Waals surface area contributed by atoms with Crippen LogP contribution in [0.2, 0.25) is 0 Å². The Hall–Kier alpha value is -2.69. The van der Waals surface area contributed by atoms with Crippen LogP contribution in [0, 0.1) is 6.92 Å². The van der Waals surface area contributed by atoms with Crippen molar-refractivity contribution in [3.8, 4) is 0 Å². The van der Waals surface area contributed by atoms with Crippen molar-refractivity contribution in [1.29, 1.82) is 0 Å². The van der Waals surface area contributed by atoms with Gasteiger partial charge in [0.1, 0.15) is 0 Å². The zero-order chi connectivity index (χ0) is 17.6. The fraction of sp³-hybridized carbons (Fsp3) is 0.350. The Morgan fingerprint density at radius 3 is 2.68 bits per heavy atom. The quantitative estimate of drug-likeness (QED) is 0.931. The second-order valence-electron chi connectivity index (χ2n) is 6.54. The minimum absolute atomic E-state index is 0.0994. The predicted octanol–water partition coefficient (Wildman–Crippen LogP) is 2.35. The first-order valence-corrected chi connectivity index (χ1v) is 8.66. The molecule has 1 saturated heterocycles. The van der Waals surface area contributed by atoms with E-state index in [4.69, 9.17) is 0 Å². The van der Waals surface area contributed by atoms with Crippen molar-refractivity contribution in [1.82, 2.24) is 15.2 Å². The number of amides is 2. The molecular weight excluding hydrogens is 314 g/mol. The molecule has 0 radical (unpaired) electrons. The first kappa shape index (κ1) is 17.1. The number of piperidine rings is 1. The third kappa shape index (κ3) is 4.66. The first-order valence-electron chi connectivity index (χ1n) is 8.66. The van der Waals surface area contributed by atoms with Crippen LogP contribution in [0.25, 0.3) is 0 Å². The van der Waals surface area contributed by atoms with Crippen molar-refractivity contribution < 1.29 is 9.59 Å². The van der Waals surface area contributed by atoms with Crippen molar-refractivity contribution in [3.05, 3.63) is 65.5 Å². The molecule has 1 aliphatic heterocycles. The lowest BCUT2D eigenvalue weighted by Gasteiger charge is -2.32. The number of pyridine rings is 1. The Morgan fingerprint density at radius 2 is 2.00 bits per heavy atom. The van der Waals surface area contributed by atoms with Crippen molar-refractivity contribution in [2.24, 2.45) is 0 Å². The van der Waals surface area contributed by atoms with Crippen LogP contribution >= 0.6 is 0 Å². The summed E-state index contributed by atoms with van der Waals surface area (Å²) in [5.74, 6) is 0.0558. The molecule has 3 rings (SSSR count). The van der Waals surface area contributed by atoms with Gasteiger partial charge < -0.3 is 10.2 Å². The molecule has 1 aromatic heterocycles. The molecule has 2 heterocycles. The van der Waals surface area contributed by atoms with Gasteiger partial charge in [0.25, 0.3) is 5.91 Å². The van der Waals surface area contributed by atoms with Crippen LogP contribution in [0.5, 0.6) is 0 Å². The van der Waals surface area contributed by atoms with E-state index in [1.165, 1.54) is 5.56 Å². The van der Waals surface area contributed by atoms with Crippen LogP contribution in [0.1, 0.15) is 34.3 Å². The van der Waals surface area contributed by atoms with Gasteiger partial charge in [0.15, 0.2) is 0 Å². The van der Waals surface area contributed by atoms with Gasteiger partial charge in [0.2, 0.25) is 5.91 Å². The van der Waals surface area contributed by atoms with Gasteiger partial charge >= 0.3 is 0 Å². The van der Waals surface area contributed by atoms with E-state index in [-0.39, 0.29) is 17.9 Å². The highest BCUT2D eigenvalue weighted by molar-refractivity contribution is 5.94. The summed E-state index contributed by atoms with van der Waals surface area (Å²) in [6.07, 6.45) is 5.22. The highest BCUT2D eigenvalue weighted by Gasteiger charge is 2.24. The van der Waals surface area contributed by atoms with Crippen molar-refractivity contribution in [3.63, 3.8) is 0 Å². The molecule has 2 amide bonds. The zero-order valence-corrected chi connectivity index (χ0v) is 14.4. The molecule has 1 aliphatic rings. The third-order valence-electron chi connectivity index (χ3n) is 4.54. The standard InChI is InChI=1S/C20H23N3O2/c1-15-4-2-5-16(12-15)13-19(24)23-10-7-18(8-11-23)22-20(25)17-6-3-9-21-14-17/h2-6,9,12,14,18H,7-8,10-11,13H2,1H3,(H,22,25). The van der Waals surface area contributed by atoms with Crippen LogP contribution in [0.3, 0.4) is 0 Å². The number of aromatic nitrogens is 1. The first-order chi connectivity index (χ1) is 12.1. The molecule has 0 unspecified atom stereocenters. The Bertz CT molecular complexity index is 738. The Labute approximate surface area is 148 Å². The van der Waals surface area contributed by atoms with Gasteiger partial charge in [-0.3, -0.25) is 14.6 Å². The lowest BCUT2D eigenvalue weighted by Crippen LogP contribution is -2.47. The molecule has 0 atom stereocenters. The predicted molar refractivity (Wildman–Crippen MR) is 96.2 cm³/mol. The summed E-state index contributed by atoms with van der Waals surface area (Å²) in [6, 6.07) is 11.7. The fourth-order valence-electron chi connectivity index (χ4n) is 3.15. The molecule has 2 aromatic rings. The molecule has 1 aromatic carbocycles. The summed E-state index contributed by atoms with van der Waals surface area (Å²) >= 11 is 0. The van der Waals surface area contributed by atoms with Gasteiger partial charge in [-0.15, -0.1) is 0 Å². The maximum atomic E-state index is 12.5. The van der Waals surface area contributed by atoms with E-state index in [0.717, 1.165) is 18.4 Å². The Morgan fingerprint density at radius 1 is 1.20 bits per heavy atom. The number of likely N-dealkylation sites (tertiary alicyclic amines) is 1. The van der Waals surface area contributed by atoms with E-state index in [0.29, 0.717) is 25.1 Å². The van der Waals surface area contributed by atoms with E-state index in [1.54, 1.807) is 24.5 Å². The summed E-state index contributed by atoms with van der Waals surface area (Å²) in [5.41, 5.74) is 2.79. The average Bonchev–Trinajstić information content (AvgIpc) is 2.63. The lowest BCUT2D eigenvalue weighted by atomic mass is 10.0. The summed E-state index contributed by atoms with van der Waals surface area (Å²) in [5, 5.41) is 3.03. The average molecular weight is 337 g/mol. The van der Waals surface area contributed by atoms with Crippen LogP contribution in [0.15, 0.2) is 48.8 Å². The maximum Gasteiger partial charge on any atom is 0.253 e. The number of nitrogens with zero attached hydrogens (tertiary/aromatic N) is 2. The number of benzene rings is 1. The molecule has 0 aliphatic carbocycles. The van der Waals surface area contributed by atoms with Crippen molar-refractivity contribution in [2.45, 2.75) is 32.2 Å². The molecule has 130 valence electrons. The Kier molecular flexibility index (Phi) is 5.43. The molecule has 1 fully saturated rings. The molecule has 0 bridgehead atoms. The minimum Gasteiger partial charge on any atom is -0.349 e. The topological polar surface area (TPSA) is 62.3 Å². The molecule has 5 heteroatoms. The monoisotopic (exact) mass is 337 g/mol. The number of nitrogens with one attached hydrogen (secondary N) is 1. The third-order valence-corrected chi connectivity index (χ3v) is 4.54. The van der Waals surface area contributed by atoms with Gasteiger partial charge in [-0.25, -0.2) is 0 Å². The van der Waals surface area contributed by atoms with Crippen LogP contribution < -0.4 is 5.32 Å². The number of carbonyl (C=O) groups excluding carboxylic acids is 2. The van der Waals surface area contributed by atoms with Gasteiger partial charge in [0, 0.05) is 31.5 Å². The minimum atomic E-state index is -0.0994.